The van der Waals surface area contributed by atoms with E-state index in [-0.39, 0.29) is 24.4 Å². The summed E-state index contributed by atoms with van der Waals surface area (Å²) in [6.45, 7) is -0.382. The molecular weight excluding hydrogens is 482 g/mol. The molecule has 9 nitrogen and oxygen atoms in total. The Kier molecular flexibility index (Phi) is 7.44. The highest BCUT2D eigenvalue weighted by Crippen LogP contribution is 2.35. The van der Waals surface area contributed by atoms with Gasteiger partial charge in [-0.2, -0.15) is 10.2 Å². The third kappa shape index (κ3) is 5.41. The molecule has 1 aliphatic carbocycles. The molecule has 3 aromatic heterocycles. The minimum absolute atomic E-state index is 0.194. The Hall–Kier alpha value is -4.53. The van der Waals surface area contributed by atoms with Crippen molar-refractivity contribution < 1.29 is 14.7 Å². The second kappa shape index (κ2) is 11.2. The first-order valence-corrected chi connectivity index (χ1v) is 12.8. The molecule has 0 aliphatic heterocycles. The van der Waals surface area contributed by atoms with Crippen LogP contribution in [0.1, 0.15) is 44.9 Å². The van der Waals surface area contributed by atoms with Gasteiger partial charge in [-0.05, 0) is 62.3 Å². The molecule has 194 valence electrons. The highest BCUT2D eigenvalue weighted by molar-refractivity contribution is 5.90. The van der Waals surface area contributed by atoms with E-state index in [0.29, 0.717) is 18.5 Å². The number of pyridine rings is 1. The monoisotopic (exact) mass is 511 g/mol. The summed E-state index contributed by atoms with van der Waals surface area (Å²) in [6.07, 6.45) is 6.91. The molecule has 0 spiro atoms. The van der Waals surface area contributed by atoms with Gasteiger partial charge in [0.2, 0.25) is 5.91 Å². The average molecular weight is 512 g/mol. The number of allylic oxidation sites excluding steroid dienone is 2. The van der Waals surface area contributed by atoms with Gasteiger partial charge >= 0.3 is 5.97 Å². The molecule has 1 aliphatic rings. The van der Waals surface area contributed by atoms with E-state index in [1.54, 1.807) is 12.1 Å². The molecule has 0 radical (unpaired) electrons. The number of benzene rings is 1. The Morgan fingerprint density at radius 1 is 0.947 bits per heavy atom. The Balaban J connectivity index is 1.51. The van der Waals surface area contributed by atoms with E-state index in [0.717, 1.165) is 59.3 Å². The van der Waals surface area contributed by atoms with Crippen molar-refractivity contribution in [3.8, 4) is 22.5 Å². The number of nitrogens with one attached hydrogen (secondary N) is 1. The number of amides is 1. The van der Waals surface area contributed by atoms with Crippen molar-refractivity contribution in [3.05, 3.63) is 82.8 Å². The molecule has 9 heteroatoms. The van der Waals surface area contributed by atoms with Crippen LogP contribution >= 0.6 is 0 Å². The van der Waals surface area contributed by atoms with Crippen molar-refractivity contribution >= 4 is 23.1 Å². The normalized spacial score (nSPS) is 13.6. The Bertz CT molecular complexity index is 1570. The second-order valence-corrected chi connectivity index (χ2v) is 9.37. The number of aromatic nitrogens is 4. The number of aliphatic carboxylic acids is 1. The smallest absolute Gasteiger partial charge is 0.322 e. The zero-order chi connectivity index (χ0) is 26.5. The van der Waals surface area contributed by atoms with E-state index in [9.17, 15) is 14.4 Å². The molecule has 3 heterocycles. The van der Waals surface area contributed by atoms with E-state index in [1.807, 2.05) is 59.2 Å². The van der Waals surface area contributed by atoms with Crippen LogP contribution in [0.2, 0.25) is 0 Å². The SMILES string of the molecule is O=C(O)CNC(=O)CCCC1=C(n2nc(-c3c(-c4ccccc4)nn4ccccc34)ccc2=O)CCCC1. The minimum atomic E-state index is -1.07. The molecule has 0 saturated carbocycles. The average Bonchev–Trinajstić information content (AvgIpc) is 3.33. The highest BCUT2D eigenvalue weighted by atomic mass is 16.4. The summed E-state index contributed by atoms with van der Waals surface area (Å²) in [5.74, 6) is -1.35. The molecule has 2 N–H and O–H groups in total. The van der Waals surface area contributed by atoms with Gasteiger partial charge in [0.1, 0.15) is 12.2 Å². The van der Waals surface area contributed by atoms with Gasteiger partial charge in [0.05, 0.1) is 16.8 Å². The van der Waals surface area contributed by atoms with Crippen molar-refractivity contribution in [1.82, 2.24) is 24.7 Å². The Morgan fingerprint density at radius 3 is 2.55 bits per heavy atom. The van der Waals surface area contributed by atoms with Crippen LogP contribution in [0.5, 0.6) is 0 Å². The number of nitrogens with zero attached hydrogens (tertiary/aromatic N) is 4. The fourth-order valence-electron chi connectivity index (χ4n) is 4.99. The van der Waals surface area contributed by atoms with Gasteiger partial charge in [-0.15, -0.1) is 0 Å². The zero-order valence-corrected chi connectivity index (χ0v) is 21.0. The first-order chi connectivity index (χ1) is 18.5. The number of fused-ring (bicyclic) bond motifs is 1. The van der Waals surface area contributed by atoms with Crippen molar-refractivity contribution in [2.24, 2.45) is 0 Å². The summed E-state index contributed by atoms with van der Waals surface area (Å²) in [5.41, 5.74) is 6.00. The predicted octanol–water partition coefficient (Wildman–Crippen LogP) is 4.38. The second-order valence-electron chi connectivity index (χ2n) is 9.37. The number of rotatable bonds is 9. The highest BCUT2D eigenvalue weighted by Gasteiger charge is 2.21. The maximum atomic E-state index is 13.1. The standard InChI is InChI=1S/C29H29N5O4/c35-25(30-19-27(37)38)15-8-12-20-9-4-5-13-23(20)34-26(36)17-16-22(31-34)28-24-14-6-7-18-33(24)32-29(28)21-10-2-1-3-11-21/h1-3,6-7,10-11,14,16-18H,4-5,8-9,12-13,15,19H2,(H,30,35)(H,37,38). The molecule has 0 atom stereocenters. The number of carbonyl (C=O) groups is 2. The molecule has 0 fully saturated rings. The van der Waals surface area contributed by atoms with E-state index in [4.69, 9.17) is 15.3 Å². The zero-order valence-electron chi connectivity index (χ0n) is 21.0. The van der Waals surface area contributed by atoms with E-state index in [1.165, 1.54) is 4.68 Å². The predicted molar refractivity (Wildman–Crippen MR) is 144 cm³/mol. The maximum absolute atomic E-state index is 13.1. The van der Waals surface area contributed by atoms with Gasteiger partial charge in [0.25, 0.3) is 5.56 Å². The maximum Gasteiger partial charge on any atom is 0.322 e. The van der Waals surface area contributed by atoms with E-state index >= 15 is 0 Å². The molecule has 0 bridgehead atoms. The Labute approximate surface area is 219 Å². The summed E-state index contributed by atoms with van der Waals surface area (Å²) in [5, 5.41) is 20.8. The first kappa shape index (κ1) is 25.1. The number of hydrogen-bond donors (Lipinski definition) is 2. The first-order valence-electron chi connectivity index (χ1n) is 12.8. The summed E-state index contributed by atoms with van der Waals surface area (Å²) in [4.78, 5) is 35.7. The summed E-state index contributed by atoms with van der Waals surface area (Å²) in [7, 11) is 0. The third-order valence-corrected chi connectivity index (χ3v) is 6.77. The van der Waals surface area contributed by atoms with Crippen LogP contribution in [0.4, 0.5) is 0 Å². The molecule has 5 rings (SSSR count). The molecule has 0 saturated heterocycles. The van der Waals surface area contributed by atoms with Gasteiger partial charge in [0, 0.05) is 29.9 Å². The largest absolute Gasteiger partial charge is 0.480 e. The van der Waals surface area contributed by atoms with Gasteiger partial charge in [-0.25, -0.2) is 9.20 Å². The molecule has 1 amide bonds. The number of carboxylic acids is 1. The van der Waals surface area contributed by atoms with Crippen LogP contribution in [0.15, 0.2) is 77.2 Å². The van der Waals surface area contributed by atoms with Crippen LogP contribution in [-0.4, -0.2) is 42.9 Å². The fraction of sp³-hybridized carbons (Fsp3) is 0.276. The van der Waals surface area contributed by atoms with Crippen molar-refractivity contribution in [2.75, 3.05) is 6.54 Å². The van der Waals surface area contributed by atoms with Crippen LogP contribution in [0.3, 0.4) is 0 Å². The topological polar surface area (TPSA) is 119 Å². The number of carbonyl (C=O) groups excluding carboxylic acids is 1. The van der Waals surface area contributed by atoms with Gasteiger partial charge in [-0.3, -0.25) is 14.4 Å². The Morgan fingerprint density at radius 2 is 1.74 bits per heavy atom. The molecule has 0 unspecified atom stereocenters. The summed E-state index contributed by atoms with van der Waals surface area (Å²) >= 11 is 0. The number of hydrogen-bond acceptors (Lipinski definition) is 5. The van der Waals surface area contributed by atoms with Gasteiger partial charge in [-0.1, -0.05) is 36.4 Å². The molecular formula is C29H29N5O4. The number of carboxylic acid groups (broad SMARTS) is 1. The lowest BCUT2D eigenvalue weighted by Gasteiger charge is -2.21. The lowest BCUT2D eigenvalue weighted by molar-refractivity contribution is -0.137. The van der Waals surface area contributed by atoms with Crippen molar-refractivity contribution in [1.29, 1.82) is 0 Å². The summed E-state index contributed by atoms with van der Waals surface area (Å²) < 4.78 is 3.35. The molecule has 1 aromatic carbocycles. The lowest BCUT2D eigenvalue weighted by atomic mass is 9.92. The minimum Gasteiger partial charge on any atom is -0.480 e. The fourth-order valence-corrected chi connectivity index (χ4v) is 4.99. The van der Waals surface area contributed by atoms with Crippen LogP contribution in [0.25, 0.3) is 33.7 Å². The van der Waals surface area contributed by atoms with Crippen LogP contribution < -0.4 is 10.9 Å². The van der Waals surface area contributed by atoms with Crippen molar-refractivity contribution in [3.63, 3.8) is 0 Å². The quantitative estimate of drug-likeness (QED) is 0.344. The van der Waals surface area contributed by atoms with Crippen LogP contribution in [0, 0.1) is 0 Å². The van der Waals surface area contributed by atoms with E-state index in [2.05, 4.69) is 5.32 Å². The molecule has 38 heavy (non-hydrogen) atoms. The van der Waals surface area contributed by atoms with E-state index < -0.39 is 5.97 Å². The van der Waals surface area contributed by atoms with Gasteiger partial charge < -0.3 is 10.4 Å². The molecule has 4 aromatic rings. The third-order valence-electron chi connectivity index (χ3n) is 6.77. The summed E-state index contributed by atoms with van der Waals surface area (Å²) in [6, 6.07) is 19.1. The van der Waals surface area contributed by atoms with Gasteiger partial charge in [0.15, 0.2) is 0 Å². The van der Waals surface area contributed by atoms with Crippen LogP contribution in [-0.2, 0) is 9.59 Å². The lowest BCUT2D eigenvalue weighted by Crippen LogP contribution is -2.29. The van der Waals surface area contributed by atoms with Crippen molar-refractivity contribution in [2.45, 2.75) is 44.9 Å².